The largest absolute Gasteiger partial charge is 0.392 e. The van der Waals surface area contributed by atoms with E-state index in [9.17, 15) is 5.11 Å². The summed E-state index contributed by atoms with van der Waals surface area (Å²) in [4.78, 5) is 7.62. The molecule has 0 saturated carbocycles. The second-order valence-electron chi connectivity index (χ2n) is 9.56. The molecule has 3 atom stereocenters. The van der Waals surface area contributed by atoms with Gasteiger partial charge in [0.05, 0.1) is 6.10 Å². The van der Waals surface area contributed by atoms with Crippen LogP contribution in [0.25, 0.3) is 0 Å². The SMILES string of the molecule is CN(C)C1CCN(C(C)(C)C)C(CC(C)(C)N2CC[C@H](O)C2)C1. The molecule has 2 aliphatic heterocycles. The first-order chi connectivity index (χ1) is 10.5. The van der Waals surface area contributed by atoms with Gasteiger partial charge in [-0.25, -0.2) is 0 Å². The Labute approximate surface area is 143 Å². The summed E-state index contributed by atoms with van der Waals surface area (Å²) >= 11 is 0. The zero-order valence-electron chi connectivity index (χ0n) is 16.5. The van der Waals surface area contributed by atoms with Gasteiger partial charge in [-0.05, 0) is 74.4 Å². The Morgan fingerprint density at radius 2 is 1.70 bits per heavy atom. The molecule has 136 valence electrons. The molecule has 23 heavy (non-hydrogen) atoms. The van der Waals surface area contributed by atoms with E-state index in [0.29, 0.717) is 12.1 Å². The first-order valence-corrected chi connectivity index (χ1v) is 9.37. The van der Waals surface area contributed by atoms with Crippen molar-refractivity contribution in [1.29, 1.82) is 0 Å². The van der Waals surface area contributed by atoms with Crippen molar-refractivity contribution in [3.05, 3.63) is 0 Å². The van der Waals surface area contributed by atoms with Gasteiger partial charge in [0.25, 0.3) is 0 Å². The first-order valence-electron chi connectivity index (χ1n) is 9.37. The van der Waals surface area contributed by atoms with Gasteiger partial charge in [0.15, 0.2) is 0 Å². The summed E-state index contributed by atoms with van der Waals surface area (Å²) in [6, 6.07) is 1.31. The van der Waals surface area contributed by atoms with Crippen LogP contribution >= 0.6 is 0 Å². The van der Waals surface area contributed by atoms with Gasteiger partial charge in [-0.15, -0.1) is 0 Å². The van der Waals surface area contributed by atoms with E-state index in [1.54, 1.807) is 0 Å². The highest BCUT2D eigenvalue weighted by Gasteiger charge is 2.41. The minimum absolute atomic E-state index is 0.131. The zero-order valence-corrected chi connectivity index (χ0v) is 16.5. The number of hydrogen-bond donors (Lipinski definition) is 1. The molecule has 2 unspecified atom stereocenters. The summed E-state index contributed by atoms with van der Waals surface area (Å²) in [5.74, 6) is 0. The minimum atomic E-state index is -0.131. The molecule has 2 aliphatic rings. The van der Waals surface area contributed by atoms with Crippen LogP contribution in [0.5, 0.6) is 0 Å². The highest BCUT2D eigenvalue weighted by atomic mass is 16.3. The lowest BCUT2D eigenvalue weighted by Crippen LogP contribution is -2.58. The average molecular weight is 326 g/mol. The number of rotatable bonds is 4. The quantitative estimate of drug-likeness (QED) is 0.860. The van der Waals surface area contributed by atoms with Gasteiger partial charge in [0.1, 0.15) is 0 Å². The van der Waals surface area contributed by atoms with Crippen molar-refractivity contribution in [3.8, 4) is 0 Å². The van der Waals surface area contributed by atoms with Gasteiger partial charge in [0, 0.05) is 42.8 Å². The Hall–Kier alpha value is -0.160. The topological polar surface area (TPSA) is 30.0 Å². The van der Waals surface area contributed by atoms with Crippen LogP contribution in [0.15, 0.2) is 0 Å². The van der Waals surface area contributed by atoms with Gasteiger partial charge < -0.3 is 10.0 Å². The maximum Gasteiger partial charge on any atom is 0.0679 e. The molecule has 2 saturated heterocycles. The number of piperidine rings is 1. The Bertz CT molecular complexity index is 389. The second-order valence-corrected chi connectivity index (χ2v) is 9.56. The van der Waals surface area contributed by atoms with E-state index < -0.39 is 0 Å². The van der Waals surface area contributed by atoms with Gasteiger partial charge in [-0.2, -0.15) is 0 Å². The van der Waals surface area contributed by atoms with Gasteiger partial charge in [-0.3, -0.25) is 9.80 Å². The van der Waals surface area contributed by atoms with E-state index >= 15 is 0 Å². The molecule has 0 aromatic carbocycles. The third-order valence-electron chi connectivity index (χ3n) is 6.03. The van der Waals surface area contributed by atoms with Crippen molar-refractivity contribution >= 4 is 0 Å². The molecular weight excluding hydrogens is 286 g/mol. The molecule has 0 aromatic heterocycles. The summed E-state index contributed by atoms with van der Waals surface area (Å²) in [7, 11) is 4.44. The predicted molar refractivity (Wildman–Crippen MR) is 97.8 cm³/mol. The lowest BCUT2D eigenvalue weighted by atomic mass is 9.83. The number of nitrogens with zero attached hydrogens (tertiary/aromatic N) is 3. The standard InChI is InChI=1S/C19H39N3O/c1-18(2,3)22-11-8-15(20(6)7)12-16(22)13-19(4,5)21-10-9-17(23)14-21/h15-17,23H,8-14H2,1-7H3/t15?,16?,17-/m0/s1. The summed E-state index contributed by atoms with van der Waals surface area (Å²) in [5, 5.41) is 9.91. The predicted octanol–water partition coefficient (Wildman–Crippen LogP) is 2.41. The van der Waals surface area contributed by atoms with Crippen LogP contribution < -0.4 is 0 Å². The fourth-order valence-electron chi connectivity index (χ4n) is 4.57. The lowest BCUT2D eigenvalue weighted by molar-refractivity contribution is -0.0104. The smallest absolute Gasteiger partial charge is 0.0679 e. The van der Waals surface area contributed by atoms with Gasteiger partial charge in [0.2, 0.25) is 0 Å². The molecule has 2 rings (SSSR count). The van der Waals surface area contributed by atoms with E-state index in [1.165, 1.54) is 25.8 Å². The third-order valence-corrected chi connectivity index (χ3v) is 6.03. The fraction of sp³-hybridized carbons (Fsp3) is 1.00. The maximum atomic E-state index is 9.91. The molecule has 0 spiro atoms. The molecule has 4 heteroatoms. The Balaban J connectivity index is 2.10. The third kappa shape index (κ3) is 4.68. The first kappa shape index (κ1) is 19.2. The van der Waals surface area contributed by atoms with Crippen LogP contribution in [-0.4, -0.2) is 82.8 Å². The van der Waals surface area contributed by atoms with E-state index in [1.807, 2.05) is 0 Å². The van der Waals surface area contributed by atoms with Crippen LogP contribution in [0.1, 0.15) is 60.3 Å². The van der Waals surface area contributed by atoms with Gasteiger partial charge >= 0.3 is 0 Å². The fourth-order valence-corrected chi connectivity index (χ4v) is 4.57. The van der Waals surface area contributed by atoms with Crippen molar-refractivity contribution in [1.82, 2.24) is 14.7 Å². The monoisotopic (exact) mass is 325 g/mol. The second kappa shape index (κ2) is 6.99. The molecule has 0 radical (unpaired) electrons. The molecule has 1 N–H and O–H groups in total. The Morgan fingerprint density at radius 1 is 1.04 bits per heavy atom. The Morgan fingerprint density at radius 3 is 2.17 bits per heavy atom. The van der Waals surface area contributed by atoms with Crippen molar-refractivity contribution in [3.63, 3.8) is 0 Å². The highest BCUT2D eigenvalue weighted by Crippen LogP contribution is 2.34. The van der Waals surface area contributed by atoms with E-state index in [0.717, 1.165) is 19.5 Å². The maximum absolute atomic E-state index is 9.91. The van der Waals surface area contributed by atoms with E-state index in [4.69, 9.17) is 0 Å². The van der Waals surface area contributed by atoms with Crippen molar-refractivity contribution in [2.24, 2.45) is 0 Å². The number of hydrogen-bond acceptors (Lipinski definition) is 4. The van der Waals surface area contributed by atoms with Crippen molar-refractivity contribution in [2.75, 3.05) is 33.7 Å². The normalized spacial score (nSPS) is 32.0. The molecule has 2 heterocycles. The van der Waals surface area contributed by atoms with Crippen LogP contribution in [0.4, 0.5) is 0 Å². The van der Waals surface area contributed by atoms with E-state index in [-0.39, 0.29) is 17.2 Å². The highest BCUT2D eigenvalue weighted by molar-refractivity contribution is 4.97. The zero-order chi connectivity index (χ0) is 17.4. The molecule has 0 aliphatic carbocycles. The number of aliphatic hydroxyl groups is 1. The molecule has 0 amide bonds. The summed E-state index contributed by atoms with van der Waals surface area (Å²) in [5.41, 5.74) is 0.377. The molecule has 2 fully saturated rings. The summed E-state index contributed by atoms with van der Waals surface area (Å²) in [6.45, 7) is 14.8. The summed E-state index contributed by atoms with van der Waals surface area (Å²) in [6.07, 6.45) is 4.50. The molecule has 4 nitrogen and oxygen atoms in total. The summed E-state index contributed by atoms with van der Waals surface area (Å²) < 4.78 is 0. The molecule has 0 bridgehead atoms. The number of β-amino-alcohol motifs (C(OH)–C–C–N with tert-alkyl or cyclic N) is 1. The average Bonchev–Trinajstić information content (AvgIpc) is 2.84. The lowest BCUT2D eigenvalue weighted by Gasteiger charge is -2.51. The van der Waals surface area contributed by atoms with Crippen LogP contribution in [0, 0.1) is 0 Å². The van der Waals surface area contributed by atoms with E-state index in [2.05, 4.69) is 63.4 Å². The van der Waals surface area contributed by atoms with Crippen LogP contribution in [-0.2, 0) is 0 Å². The minimum Gasteiger partial charge on any atom is -0.392 e. The van der Waals surface area contributed by atoms with Crippen LogP contribution in [0.3, 0.4) is 0 Å². The van der Waals surface area contributed by atoms with Crippen molar-refractivity contribution in [2.45, 2.75) is 89.6 Å². The van der Waals surface area contributed by atoms with Crippen LogP contribution in [0.2, 0.25) is 0 Å². The van der Waals surface area contributed by atoms with Crippen molar-refractivity contribution < 1.29 is 5.11 Å². The molecular formula is C19H39N3O. The molecule has 0 aromatic rings. The Kier molecular flexibility index (Phi) is 5.82. The number of likely N-dealkylation sites (tertiary alicyclic amines) is 2. The number of aliphatic hydroxyl groups excluding tert-OH is 1. The van der Waals surface area contributed by atoms with Gasteiger partial charge in [-0.1, -0.05) is 0 Å².